The Hall–Kier alpha value is -2.36. The first-order chi connectivity index (χ1) is 14.4. The van der Waals surface area contributed by atoms with Crippen LogP contribution in [0.5, 0.6) is 0 Å². The fourth-order valence-electron chi connectivity index (χ4n) is 2.49. The molecule has 1 fully saturated rings. The molecule has 0 saturated carbocycles. The zero-order valence-corrected chi connectivity index (χ0v) is 20.2. The van der Waals surface area contributed by atoms with Gasteiger partial charge in [0.25, 0.3) is 0 Å². The van der Waals surface area contributed by atoms with Gasteiger partial charge in [0.1, 0.15) is 6.10 Å². The van der Waals surface area contributed by atoms with Crippen molar-refractivity contribution in [2.75, 3.05) is 6.61 Å². The number of aliphatic hydroxyl groups is 1. The molecule has 0 bridgehead atoms. The van der Waals surface area contributed by atoms with Crippen molar-refractivity contribution >= 4 is 17.9 Å². The summed E-state index contributed by atoms with van der Waals surface area (Å²) in [6.07, 6.45) is -6.74. The molecule has 0 radical (unpaired) electrons. The second kappa shape index (κ2) is 10.1. The molecule has 0 amide bonds. The third-order valence-electron chi connectivity index (χ3n) is 4.52. The molecule has 5 atom stereocenters. The van der Waals surface area contributed by atoms with Crippen LogP contribution in [-0.4, -0.2) is 60.3 Å². The summed E-state index contributed by atoms with van der Waals surface area (Å²) in [6.45, 7) is 14.0. The van der Waals surface area contributed by atoms with Gasteiger partial charge in [-0.25, -0.2) is 0 Å². The molecule has 32 heavy (non-hydrogen) atoms. The van der Waals surface area contributed by atoms with E-state index in [1.54, 1.807) is 62.3 Å². The molecule has 1 aliphatic heterocycles. The van der Waals surface area contributed by atoms with Gasteiger partial charge in [-0.15, -0.1) is 0 Å². The van der Waals surface area contributed by atoms with Crippen molar-refractivity contribution in [1.82, 2.24) is 0 Å². The molecule has 0 aromatic heterocycles. The molecule has 0 unspecified atom stereocenters. The Morgan fingerprint density at radius 3 is 1.53 bits per heavy atom. The van der Waals surface area contributed by atoms with Gasteiger partial charge in [-0.05, 0) is 67.8 Å². The maximum atomic E-state index is 12.7. The number of rotatable bonds is 5. The van der Waals surface area contributed by atoms with Crippen LogP contribution in [-0.2, 0) is 33.3 Å². The van der Waals surface area contributed by atoms with Gasteiger partial charge in [-0.2, -0.15) is 0 Å². The van der Waals surface area contributed by atoms with Crippen LogP contribution in [0.3, 0.4) is 0 Å². The first kappa shape index (κ1) is 27.7. The molecule has 0 aliphatic carbocycles. The maximum absolute atomic E-state index is 12.7. The molecule has 1 rings (SSSR count). The number of esters is 3. The molecule has 11 heteroatoms. The Morgan fingerprint density at radius 2 is 1.19 bits per heavy atom. The van der Waals surface area contributed by atoms with Crippen molar-refractivity contribution in [3.05, 3.63) is 10.4 Å². The first-order valence-electron chi connectivity index (χ1n) is 10.4. The quantitative estimate of drug-likeness (QED) is 0.217. The minimum Gasteiger partial charge on any atom is -0.455 e. The van der Waals surface area contributed by atoms with E-state index in [1.807, 2.05) is 0 Å². The standard InChI is InChI=1S/C21H35N3O8/c1-19(2,3)16(26)30-12-11(10-25)29-15(23-24-22)14(32-18(28)21(7,8)9)13(12)31-17(27)20(4,5)6/h11-15,25H,10H2,1-9H3/t11-,12+,13+,14-,15-/m1/s1. The van der Waals surface area contributed by atoms with Crippen LogP contribution < -0.4 is 0 Å². The third-order valence-corrected chi connectivity index (χ3v) is 4.52. The number of azide groups is 1. The van der Waals surface area contributed by atoms with Gasteiger partial charge in [0.15, 0.2) is 24.5 Å². The van der Waals surface area contributed by atoms with Crippen molar-refractivity contribution in [2.24, 2.45) is 21.4 Å². The SMILES string of the molecule is CC(C)(C)C(=O)O[C@@H]1[C@@H](OC(=O)C(C)(C)C)[C@H](N=[N+]=[N-])O[C@H](CO)[C@@H]1OC(=O)C(C)(C)C. The number of aliphatic hydroxyl groups excluding tert-OH is 1. The Balaban J connectivity index is 3.53. The van der Waals surface area contributed by atoms with Crippen LogP contribution >= 0.6 is 0 Å². The highest BCUT2D eigenvalue weighted by atomic mass is 16.7. The van der Waals surface area contributed by atoms with Gasteiger partial charge in [0.05, 0.1) is 22.9 Å². The lowest BCUT2D eigenvalue weighted by molar-refractivity contribution is -0.257. The van der Waals surface area contributed by atoms with E-state index in [4.69, 9.17) is 24.5 Å². The molecular formula is C21H35N3O8. The van der Waals surface area contributed by atoms with Gasteiger partial charge >= 0.3 is 17.9 Å². The third kappa shape index (κ3) is 7.08. The monoisotopic (exact) mass is 457 g/mol. The zero-order valence-electron chi connectivity index (χ0n) is 20.2. The van der Waals surface area contributed by atoms with E-state index in [-0.39, 0.29) is 0 Å². The van der Waals surface area contributed by atoms with Crippen LogP contribution in [0.2, 0.25) is 0 Å². The lowest BCUT2D eigenvalue weighted by Crippen LogP contribution is -2.63. The van der Waals surface area contributed by atoms with Gasteiger partial charge in [-0.3, -0.25) is 14.4 Å². The van der Waals surface area contributed by atoms with Crippen LogP contribution in [0.15, 0.2) is 5.11 Å². The number of hydrogen-bond acceptors (Lipinski definition) is 9. The van der Waals surface area contributed by atoms with Gasteiger partial charge in [-0.1, -0.05) is 5.11 Å². The highest BCUT2D eigenvalue weighted by molar-refractivity contribution is 5.77. The highest BCUT2D eigenvalue weighted by Gasteiger charge is 2.53. The molecule has 182 valence electrons. The number of carbonyl (C=O) groups is 3. The number of nitrogens with zero attached hydrogens (tertiary/aromatic N) is 3. The minimum atomic E-state index is -1.43. The maximum Gasteiger partial charge on any atom is 0.311 e. The fraction of sp³-hybridized carbons (Fsp3) is 0.857. The average molecular weight is 458 g/mol. The molecular weight excluding hydrogens is 422 g/mol. The van der Waals surface area contributed by atoms with E-state index in [2.05, 4.69) is 10.0 Å². The first-order valence-corrected chi connectivity index (χ1v) is 10.4. The summed E-state index contributed by atoms with van der Waals surface area (Å²) >= 11 is 0. The number of carbonyl (C=O) groups excluding carboxylic acids is 3. The second-order valence-corrected chi connectivity index (χ2v) is 10.8. The number of ether oxygens (including phenoxy) is 4. The van der Waals surface area contributed by atoms with Gasteiger partial charge in [0.2, 0.25) is 0 Å². The Kier molecular flexibility index (Phi) is 8.70. The van der Waals surface area contributed by atoms with Gasteiger partial charge < -0.3 is 24.1 Å². The van der Waals surface area contributed by atoms with E-state index in [0.29, 0.717) is 0 Å². The predicted octanol–water partition coefficient (Wildman–Crippen LogP) is 2.89. The Labute approximate surface area is 188 Å². The van der Waals surface area contributed by atoms with Crippen LogP contribution in [0.25, 0.3) is 10.4 Å². The van der Waals surface area contributed by atoms with E-state index >= 15 is 0 Å². The normalized spacial score (nSPS) is 26.5. The van der Waals surface area contributed by atoms with Crippen LogP contribution in [0.1, 0.15) is 62.3 Å². The summed E-state index contributed by atoms with van der Waals surface area (Å²) in [5.41, 5.74) is 6.18. The molecule has 0 spiro atoms. The van der Waals surface area contributed by atoms with Crippen LogP contribution in [0.4, 0.5) is 0 Å². The molecule has 0 aromatic rings. The van der Waals surface area contributed by atoms with E-state index < -0.39 is 71.4 Å². The summed E-state index contributed by atoms with van der Waals surface area (Å²) < 4.78 is 22.4. The Morgan fingerprint density at radius 1 is 0.812 bits per heavy atom. The smallest absolute Gasteiger partial charge is 0.311 e. The molecule has 1 aliphatic rings. The Bertz CT molecular complexity index is 756. The highest BCUT2D eigenvalue weighted by Crippen LogP contribution is 2.33. The minimum absolute atomic E-state index is 0.636. The van der Waals surface area contributed by atoms with Crippen molar-refractivity contribution < 1.29 is 38.4 Å². The number of hydrogen-bond donors (Lipinski definition) is 1. The van der Waals surface area contributed by atoms with Crippen LogP contribution in [0, 0.1) is 16.2 Å². The average Bonchev–Trinajstić information content (AvgIpc) is 2.63. The molecule has 1 saturated heterocycles. The van der Waals surface area contributed by atoms with E-state index in [0.717, 1.165) is 0 Å². The summed E-state index contributed by atoms with van der Waals surface area (Å²) in [5.74, 6) is -2.00. The largest absolute Gasteiger partial charge is 0.455 e. The zero-order chi connectivity index (χ0) is 25.1. The van der Waals surface area contributed by atoms with E-state index in [1.165, 1.54) is 0 Å². The van der Waals surface area contributed by atoms with Gasteiger partial charge in [0, 0.05) is 4.91 Å². The lowest BCUT2D eigenvalue weighted by atomic mass is 9.93. The molecule has 0 aromatic carbocycles. The van der Waals surface area contributed by atoms with E-state index in [9.17, 15) is 19.5 Å². The van der Waals surface area contributed by atoms with Crippen molar-refractivity contribution in [1.29, 1.82) is 0 Å². The second-order valence-electron chi connectivity index (χ2n) is 10.8. The lowest BCUT2D eigenvalue weighted by Gasteiger charge is -2.44. The summed E-state index contributed by atoms with van der Waals surface area (Å²) in [6, 6.07) is 0. The topological polar surface area (TPSA) is 157 Å². The summed E-state index contributed by atoms with van der Waals surface area (Å²) in [4.78, 5) is 40.7. The molecule has 1 heterocycles. The fourth-order valence-corrected chi connectivity index (χ4v) is 2.49. The molecule has 1 N–H and O–H groups in total. The summed E-state index contributed by atoms with van der Waals surface area (Å²) in [5, 5.41) is 13.4. The summed E-state index contributed by atoms with van der Waals surface area (Å²) in [7, 11) is 0. The predicted molar refractivity (Wildman–Crippen MR) is 113 cm³/mol. The molecule has 11 nitrogen and oxygen atoms in total. The van der Waals surface area contributed by atoms with Crippen molar-refractivity contribution in [2.45, 2.75) is 93.0 Å². The van der Waals surface area contributed by atoms with Crippen molar-refractivity contribution in [3.63, 3.8) is 0 Å². The van der Waals surface area contributed by atoms with Crippen molar-refractivity contribution in [3.8, 4) is 0 Å².